The van der Waals surface area contributed by atoms with Gasteiger partial charge in [0.25, 0.3) is 0 Å². The number of hydrogen-bond donors (Lipinski definition) is 4. The number of aromatic amines is 2. The summed E-state index contributed by atoms with van der Waals surface area (Å²) >= 11 is 18.2. The minimum absolute atomic E-state index is 0.213. The van der Waals surface area contributed by atoms with Crippen molar-refractivity contribution in [3.8, 4) is 0 Å². The molecule has 4 nitrogen and oxygen atoms in total. The molecule has 4 aromatic carbocycles. The van der Waals surface area contributed by atoms with Gasteiger partial charge in [0.1, 0.15) is 5.82 Å². The number of H-pyrrole nitrogens is 2. The topological polar surface area (TPSA) is 55.6 Å². The Bertz CT molecular complexity index is 1790. The quantitative estimate of drug-likeness (QED) is 0.154. The molecule has 0 radical (unpaired) electrons. The van der Waals surface area contributed by atoms with E-state index in [9.17, 15) is 4.39 Å². The Balaban J connectivity index is 0.000000142. The van der Waals surface area contributed by atoms with Crippen molar-refractivity contribution < 1.29 is 4.39 Å². The summed E-state index contributed by atoms with van der Waals surface area (Å²) in [6.45, 7) is 0. The molecule has 8 heteroatoms. The van der Waals surface area contributed by atoms with Crippen LogP contribution in [-0.4, -0.2) is 9.97 Å². The first kappa shape index (κ1) is 29.1. The fraction of sp³-hybridized carbons (Fsp3) is 0.222. The minimum Gasteiger partial charge on any atom is -0.377 e. The first-order valence-corrected chi connectivity index (χ1v) is 16.2. The van der Waals surface area contributed by atoms with Crippen LogP contribution in [0.1, 0.15) is 60.3 Å². The van der Waals surface area contributed by atoms with Gasteiger partial charge in [-0.15, -0.1) is 0 Å². The van der Waals surface area contributed by atoms with Crippen LogP contribution in [0.5, 0.6) is 0 Å². The van der Waals surface area contributed by atoms with Gasteiger partial charge in [-0.05, 0) is 135 Å². The van der Waals surface area contributed by atoms with Crippen LogP contribution in [0.4, 0.5) is 15.8 Å². The van der Waals surface area contributed by atoms with E-state index in [1.165, 1.54) is 57.4 Å². The number of rotatable bonds is 4. The molecule has 2 aliphatic carbocycles. The van der Waals surface area contributed by atoms with Crippen molar-refractivity contribution in [1.82, 2.24) is 9.97 Å². The first-order valence-electron chi connectivity index (χ1n) is 15.1. The maximum Gasteiger partial charge on any atom is 0.123 e. The van der Waals surface area contributed by atoms with E-state index in [-0.39, 0.29) is 11.9 Å². The number of hydrogen-bond acceptors (Lipinski definition) is 2. The lowest BCUT2D eigenvalue weighted by Gasteiger charge is -2.24. The van der Waals surface area contributed by atoms with E-state index in [0.717, 1.165) is 64.1 Å². The van der Waals surface area contributed by atoms with Crippen LogP contribution in [0.15, 0.2) is 84.9 Å². The summed E-state index contributed by atoms with van der Waals surface area (Å²) in [6.07, 6.45) is 6.66. The first-order chi connectivity index (χ1) is 21.4. The summed E-state index contributed by atoms with van der Waals surface area (Å²) in [6, 6.07) is 27.0. The van der Waals surface area contributed by atoms with Crippen molar-refractivity contribution in [2.45, 2.75) is 50.6 Å². The van der Waals surface area contributed by atoms with Gasteiger partial charge < -0.3 is 20.6 Å². The van der Waals surface area contributed by atoms with Gasteiger partial charge >= 0.3 is 0 Å². The maximum atomic E-state index is 13.0. The van der Waals surface area contributed by atoms with E-state index in [0.29, 0.717) is 6.04 Å². The Morgan fingerprint density at radius 1 is 0.568 bits per heavy atom. The summed E-state index contributed by atoms with van der Waals surface area (Å²) in [4.78, 5) is 7.11. The molecule has 44 heavy (non-hydrogen) atoms. The lowest BCUT2D eigenvalue weighted by atomic mass is 9.91. The molecule has 0 amide bonds. The number of anilines is 2. The Labute approximate surface area is 270 Å². The lowest BCUT2D eigenvalue weighted by molar-refractivity contribution is 0.592. The molecule has 8 rings (SSSR count). The Kier molecular flexibility index (Phi) is 8.19. The van der Waals surface area contributed by atoms with Crippen LogP contribution in [0.2, 0.25) is 15.1 Å². The molecule has 6 aromatic rings. The molecule has 2 unspecified atom stereocenters. The molecule has 2 atom stereocenters. The molecular formula is C36H32Cl3FN4. The molecule has 0 bridgehead atoms. The minimum atomic E-state index is -0.213. The standard InChI is InChI=1S/C18H16Cl2N2.C18H16ClFN2/c19-11-4-7-13(8-5-11)21-17-3-1-2-14-15-10-12(20)6-9-16(15)22-18(14)17;19-11-4-9-16-15(10-11)14-2-1-3-17(18(14)22-16)21-13-7-5-12(20)6-8-13/h2*4-10,17,21-22H,1-3H2. The molecule has 0 spiro atoms. The van der Waals surface area contributed by atoms with Crippen molar-refractivity contribution in [3.63, 3.8) is 0 Å². The fourth-order valence-electron chi connectivity index (χ4n) is 6.65. The van der Waals surface area contributed by atoms with Crippen LogP contribution in [0.3, 0.4) is 0 Å². The normalized spacial score (nSPS) is 17.5. The zero-order chi connectivity index (χ0) is 30.2. The molecule has 2 aromatic heterocycles. The zero-order valence-corrected chi connectivity index (χ0v) is 26.3. The molecule has 4 N–H and O–H groups in total. The van der Waals surface area contributed by atoms with Gasteiger partial charge in [-0.1, -0.05) is 34.8 Å². The monoisotopic (exact) mass is 644 g/mol. The second kappa shape index (κ2) is 12.4. The molecule has 0 fully saturated rings. The molecule has 0 saturated heterocycles. The van der Waals surface area contributed by atoms with Crippen molar-refractivity contribution >= 4 is 68.0 Å². The summed E-state index contributed by atoms with van der Waals surface area (Å²) in [5.74, 6) is -0.213. The van der Waals surface area contributed by atoms with E-state index >= 15 is 0 Å². The van der Waals surface area contributed by atoms with E-state index in [4.69, 9.17) is 34.8 Å². The highest BCUT2D eigenvalue weighted by atomic mass is 35.5. The third kappa shape index (κ3) is 6.01. The van der Waals surface area contributed by atoms with E-state index in [1.807, 2.05) is 48.5 Å². The van der Waals surface area contributed by atoms with E-state index in [1.54, 1.807) is 12.1 Å². The van der Waals surface area contributed by atoms with Crippen molar-refractivity contribution in [2.24, 2.45) is 0 Å². The van der Waals surface area contributed by atoms with Gasteiger partial charge in [-0.2, -0.15) is 0 Å². The lowest BCUT2D eigenvalue weighted by Crippen LogP contribution is -2.17. The molecule has 0 aliphatic heterocycles. The number of aryl methyl sites for hydroxylation is 2. The number of fused-ring (bicyclic) bond motifs is 6. The van der Waals surface area contributed by atoms with Gasteiger partial charge in [-0.3, -0.25) is 0 Å². The maximum absolute atomic E-state index is 13.0. The van der Waals surface area contributed by atoms with E-state index in [2.05, 4.69) is 32.7 Å². The molecular weight excluding hydrogens is 614 g/mol. The highest BCUT2D eigenvalue weighted by molar-refractivity contribution is 6.31. The third-order valence-corrected chi connectivity index (χ3v) is 9.43. The zero-order valence-electron chi connectivity index (χ0n) is 24.0. The van der Waals surface area contributed by atoms with Crippen LogP contribution < -0.4 is 10.6 Å². The third-order valence-electron chi connectivity index (χ3n) is 8.71. The summed E-state index contributed by atoms with van der Waals surface area (Å²) in [5, 5.41) is 11.9. The average Bonchev–Trinajstić information content (AvgIpc) is 3.59. The van der Waals surface area contributed by atoms with E-state index < -0.39 is 0 Å². The Hall–Kier alpha value is -3.64. The predicted octanol–water partition coefficient (Wildman–Crippen LogP) is 11.4. The average molecular weight is 646 g/mol. The smallest absolute Gasteiger partial charge is 0.123 e. The predicted molar refractivity (Wildman–Crippen MR) is 183 cm³/mol. The van der Waals surface area contributed by atoms with Crippen LogP contribution in [-0.2, 0) is 12.8 Å². The van der Waals surface area contributed by atoms with Gasteiger partial charge in [0.05, 0.1) is 12.1 Å². The second-order valence-corrected chi connectivity index (χ2v) is 12.9. The van der Waals surface area contributed by atoms with Gasteiger partial charge in [0.2, 0.25) is 0 Å². The summed E-state index contributed by atoms with van der Waals surface area (Å²) in [7, 11) is 0. The molecule has 0 saturated carbocycles. The Morgan fingerprint density at radius 2 is 1.00 bits per heavy atom. The highest BCUT2D eigenvalue weighted by Crippen LogP contribution is 2.39. The van der Waals surface area contributed by atoms with Gasteiger partial charge in [0.15, 0.2) is 0 Å². The van der Waals surface area contributed by atoms with Crippen LogP contribution in [0.25, 0.3) is 21.8 Å². The SMILES string of the molecule is Clc1ccc(NC2CCCc3c2[nH]c2ccc(Cl)cc32)cc1.Fc1ccc(NC2CCCc3c2[nH]c2ccc(Cl)cc32)cc1. The van der Waals surface area contributed by atoms with Crippen molar-refractivity contribution in [2.75, 3.05) is 10.6 Å². The second-order valence-electron chi connectivity index (χ2n) is 11.6. The van der Waals surface area contributed by atoms with Gasteiger partial charge in [0, 0.05) is 59.6 Å². The van der Waals surface area contributed by atoms with Crippen molar-refractivity contribution in [3.05, 3.63) is 128 Å². The molecule has 224 valence electrons. The molecule has 2 aliphatic rings. The van der Waals surface area contributed by atoms with Crippen molar-refractivity contribution in [1.29, 1.82) is 0 Å². The van der Waals surface area contributed by atoms with Gasteiger partial charge in [-0.25, -0.2) is 4.39 Å². The largest absolute Gasteiger partial charge is 0.377 e. The van der Waals surface area contributed by atoms with Crippen LogP contribution in [0, 0.1) is 5.82 Å². The Morgan fingerprint density at radius 3 is 1.48 bits per heavy atom. The summed E-state index contributed by atoms with van der Waals surface area (Å²) in [5.41, 5.74) is 9.60. The highest BCUT2D eigenvalue weighted by Gasteiger charge is 2.25. The number of halogens is 4. The van der Waals surface area contributed by atoms with Crippen LogP contribution >= 0.6 is 34.8 Å². The molecule has 2 heterocycles. The summed E-state index contributed by atoms with van der Waals surface area (Å²) < 4.78 is 13.0. The number of benzene rings is 4. The fourth-order valence-corrected chi connectivity index (χ4v) is 7.12. The number of nitrogens with one attached hydrogen (secondary N) is 4. The number of aromatic nitrogens is 2.